The number of benzene rings is 1. The average Bonchev–Trinajstić information content (AvgIpc) is 2.77. The predicted molar refractivity (Wildman–Crippen MR) is 97.2 cm³/mol. The summed E-state index contributed by atoms with van der Waals surface area (Å²) in [6.07, 6.45) is 2.53. The zero-order valence-corrected chi connectivity index (χ0v) is 15.0. The number of thiocarbonyl (C=S) groups is 1. The fourth-order valence-electron chi connectivity index (χ4n) is 2.04. The largest absolute Gasteiger partial charge is 0.466 e. The number of ether oxygens (including phenoxy) is 1. The van der Waals surface area contributed by atoms with Crippen molar-refractivity contribution >= 4 is 57.9 Å². The van der Waals surface area contributed by atoms with Crippen molar-refractivity contribution in [1.29, 1.82) is 0 Å². The molecule has 1 heterocycles. The third kappa shape index (κ3) is 4.80. The maximum Gasteiger partial charge on any atom is 0.305 e. The van der Waals surface area contributed by atoms with E-state index >= 15 is 0 Å². The van der Waals surface area contributed by atoms with E-state index in [0.29, 0.717) is 33.8 Å². The lowest BCUT2D eigenvalue weighted by atomic mass is 10.2. The highest BCUT2D eigenvalue weighted by Gasteiger charge is 2.31. The highest BCUT2D eigenvalue weighted by molar-refractivity contribution is 8.26. The second-order valence-electron chi connectivity index (χ2n) is 4.76. The van der Waals surface area contributed by atoms with Crippen molar-refractivity contribution in [3.05, 3.63) is 39.8 Å². The van der Waals surface area contributed by atoms with E-state index in [4.69, 9.17) is 28.6 Å². The Morgan fingerprint density at radius 1 is 1.43 bits per heavy atom. The summed E-state index contributed by atoms with van der Waals surface area (Å²) in [7, 11) is 0. The van der Waals surface area contributed by atoms with E-state index in [9.17, 15) is 9.59 Å². The van der Waals surface area contributed by atoms with Gasteiger partial charge in [-0.1, -0.05) is 53.8 Å². The van der Waals surface area contributed by atoms with Gasteiger partial charge in [-0.3, -0.25) is 14.5 Å². The minimum absolute atomic E-state index is 0.149. The molecule has 0 spiro atoms. The van der Waals surface area contributed by atoms with Gasteiger partial charge in [-0.15, -0.1) is 0 Å². The second kappa shape index (κ2) is 8.47. The number of amides is 1. The molecule has 1 aliphatic heterocycles. The molecule has 122 valence electrons. The Morgan fingerprint density at radius 3 is 2.87 bits per heavy atom. The van der Waals surface area contributed by atoms with Crippen molar-refractivity contribution in [2.75, 3.05) is 13.2 Å². The van der Waals surface area contributed by atoms with E-state index in [1.165, 1.54) is 16.7 Å². The van der Waals surface area contributed by atoms with Gasteiger partial charge in [-0.05, 0) is 31.1 Å². The number of halogens is 1. The van der Waals surface area contributed by atoms with Crippen LogP contribution in [0.4, 0.5) is 0 Å². The molecule has 23 heavy (non-hydrogen) atoms. The van der Waals surface area contributed by atoms with Gasteiger partial charge in [0.1, 0.15) is 4.32 Å². The number of esters is 1. The van der Waals surface area contributed by atoms with Crippen molar-refractivity contribution in [3.8, 4) is 0 Å². The number of hydrogen-bond donors (Lipinski definition) is 0. The van der Waals surface area contributed by atoms with E-state index in [-0.39, 0.29) is 18.3 Å². The molecule has 1 aliphatic rings. The molecule has 0 aliphatic carbocycles. The molecule has 1 aromatic carbocycles. The van der Waals surface area contributed by atoms with Crippen molar-refractivity contribution < 1.29 is 14.3 Å². The van der Waals surface area contributed by atoms with Gasteiger partial charge < -0.3 is 4.74 Å². The normalized spacial score (nSPS) is 16.3. The minimum atomic E-state index is -0.260. The summed E-state index contributed by atoms with van der Waals surface area (Å²) in [6, 6.07) is 7.31. The van der Waals surface area contributed by atoms with Crippen LogP contribution in [0.2, 0.25) is 5.02 Å². The zero-order valence-electron chi connectivity index (χ0n) is 12.6. The third-order valence-corrected chi connectivity index (χ3v) is 4.86. The molecular formula is C16H16ClNO3S2. The van der Waals surface area contributed by atoms with E-state index in [2.05, 4.69) is 0 Å². The summed E-state index contributed by atoms with van der Waals surface area (Å²) in [6.45, 7) is 2.53. The summed E-state index contributed by atoms with van der Waals surface area (Å²) in [5.41, 5.74) is 0.779. The summed E-state index contributed by atoms with van der Waals surface area (Å²) < 4.78 is 5.36. The number of carbonyl (C=O) groups excluding carboxylic acids is 2. The fraction of sp³-hybridized carbons (Fsp3) is 0.312. The van der Waals surface area contributed by atoms with Crippen molar-refractivity contribution in [2.24, 2.45) is 0 Å². The molecule has 0 bridgehead atoms. The van der Waals surface area contributed by atoms with Crippen LogP contribution in [0.15, 0.2) is 29.2 Å². The Morgan fingerprint density at radius 2 is 2.17 bits per heavy atom. The number of hydrogen-bond acceptors (Lipinski definition) is 5. The first-order chi connectivity index (χ1) is 11.0. The lowest BCUT2D eigenvalue weighted by Gasteiger charge is -2.13. The van der Waals surface area contributed by atoms with E-state index in [1.807, 2.05) is 18.2 Å². The predicted octanol–water partition coefficient (Wildman–Crippen LogP) is 3.88. The lowest BCUT2D eigenvalue weighted by Crippen LogP contribution is -2.29. The molecule has 2 rings (SSSR count). The fourth-order valence-corrected chi connectivity index (χ4v) is 3.53. The summed E-state index contributed by atoms with van der Waals surface area (Å²) in [5, 5.41) is 0.583. The number of rotatable bonds is 6. The summed E-state index contributed by atoms with van der Waals surface area (Å²) >= 11 is 12.6. The molecule has 4 nitrogen and oxygen atoms in total. The van der Waals surface area contributed by atoms with Crippen LogP contribution in [0.1, 0.15) is 25.3 Å². The first-order valence-electron chi connectivity index (χ1n) is 7.18. The van der Waals surface area contributed by atoms with Gasteiger partial charge in [0.15, 0.2) is 0 Å². The van der Waals surface area contributed by atoms with Crippen LogP contribution in [0.25, 0.3) is 6.08 Å². The molecule has 1 aromatic rings. The van der Waals surface area contributed by atoms with Crippen molar-refractivity contribution in [1.82, 2.24) is 4.90 Å². The number of thioether (sulfide) groups is 1. The van der Waals surface area contributed by atoms with Crippen LogP contribution in [-0.4, -0.2) is 34.2 Å². The van der Waals surface area contributed by atoms with Gasteiger partial charge in [-0.25, -0.2) is 0 Å². The van der Waals surface area contributed by atoms with Gasteiger partial charge in [-0.2, -0.15) is 0 Å². The van der Waals surface area contributed by atoms with Gasteiger partial charge in [0, 0.05) is 18.0 Å². The van der Waals surface area contributed by atoms with Crippen LogP contribution in [0.3, 0.4) is 0 Å². The molecule has 0 aromatic heterocycles. The Bertz CT molecular complexity index is 660. The number of carbonyl (C=O) groups is 2. The van der Waals surface area contributed by atoms with E-state index in [0.717, 1.165) is 5.56 Å². The quantitative estimate of drug-likeness (QED) is 0.432. The van der Waals surface area contributed by atoms with Crippen LogP contribution in [-0.2, 0) is 14.3 Å². The molecule has 0 saturated carbocycles. The third-order valence-electron chi connectivity index (χ3n) is 3.13. The second-order valence-corrected chi connectivity index (χ2v) is 6.85. The smallest absolute Gasteiger partial charge is 0.305 e. The standard InChI is InChI=1S/C16H16ClNO3S2/c1-2-21-14(19)8-5-9-18-15(20)13(23-16(18)22)10-11-6-3-4-7-12(11)17/h3-4,6-7,10H,2,5,8-9H2,1H3/b13-10-. The molecule has 1 saturated heterocycles. The molecule has 1 amide bonds. The zero-order chi connectivity index (χ0) is 16.8. The SMILES string of the molecule is CCOC(=O)CCCN1C(=O)/C(=C/c2ccccc2Cl)SC1=S. The molecule has 0 unspecified atom stereocenters. The minimum Gasteiger partial charge on any atom is -0.466 e. The van der Waals surface area contributed by atoms with Crippen LogP contribution >= 0.6 is 35.6 Å². The molecular weight excluding hydrogens is 354 g/mol. The van der Waals surface area contributed by atoms with Gasteiger partial charge in [0.25, 0.3) is 5.91 Å². The van der Waals surface area contributed by atoms with Gasteiger partial charge in [0.05, 0.1) is 11.5 Å². The first kappa shape index (κ1) is 18.0. The maximum absolute atomic E-state index is 12.4. The highest BCUT2D eigenvalue weighted by atomic mass is 35.5. The monoisotopic (exact) mass is 369 g/mol. The Hall–Kier alpha value is -1.37. The topological polar surface area (TPSA) is 46.6 Å². The maximum atomic E-state index is 12.4. The van der Waals surface area contributed by atoms with Crippen LogP contribution in [0.5, 0.6) is 0 Å². The van der Waals surface area contributed by atoms with Crippen molar-refractivity contribution in [2.45, 2.75) is 19.8 Å². The van der Waals surface area contributed by atoms with Crippen LogP contribution in [0, 0.1) is 0 Å². The Labute approximate surface area is 149 Å². The number of nitrogens with zero attached hydrogens (tertiary/aromatic N) is 1. The highest BCUT2D eigenvalue weighted by Crippen LogP contribution is 2.33. The first-order valence-corrected chi connectivity index (χ1v) is 8.78. The Balaban J connectivity index is 2.00. The van der Waals surface area contributed by atoms with Gasteiger partial charge >= 0.3 is 5.97 Å². The van der Waals surface area contributed by atoms with E-state index < -0.39 is 0 Å². The lowest BCUT2D eigenvalue weighted by molar-refractivity contribution is -0.143. The summed E-state index contributed by atoms with van der Waals surface area (Å²) in [5.74, 6) is -0.409. The van der Waals surface area contributed by atoms with E-state index in [1.54, 1.807) is 19.1 Å². The summed E-state index contributed by atoms with van der Waals surface area (Å²) in [4.78, 5) is 25.8. The van der Waals surface area contributed by atoms with Crippen molar-refractivity contribution in [3.63, 3.8) is 0 Å². The molecule has 1 fully saturated rings. The van der Waals surface area contributed by atoms with Gasteiger partial charge in [0.2, 0.25) is 0 Å². The molecule has 0 atom stereocenters. The molecule has 0 N–H and O–H groups in total. The Kier molecular flexibility index (Phi) is 6.62. The average molecular weight is 370 g/mol. The van der Waals surface area contributed by atoms with Crippen LogP contribution < -0.4 is 0 Å². The molecule has 7 heteroatoms. The molecule has 0 radical (unpaired) electrons.